The van der Waals surface area contributed by atoms with Crippen LogP contribution in [0, 0.1) is 20.8 Å². The van der Waals surface area contributed by atoms with Gasteiger partial charge in [-0.2, -0.15) is 0 Å². The number of anilines is 2. The van der Waals surface area contributed by atoms with E-state index in [1.807, 2.05) is 51.1 Å². The van der Waals surface area contributed by atoms with Crippen LogP contribution in [0.25, 0.3) is 0 Å². The molecule has 0 aliphatic rings. The quantitative estimate of drug-likeness (QED) is 0.590. The molecule has 160 valence electrons. The molecule has 0 saturated carbocycles. The largest absolute Gasteiger partial charge is 0.325 e. The molecule has 0 heterocycles. The van der Waals surface area contributed by atoms with E-state index >= 15 is 0 Å². The highest BCUT2D eigenvalue weighted by Gasteiger charge is 2.22. The number of aryl methyl sites for hydroxylation is 3. The van der Waals surface area contributed by atoms with E-state index in [1.165, 1.54) is 0 Å². The minimum Gasteiger partial charge on any atom is -0.325 e. The molecule has 2 rings (SSSR count). The van der Waals surface area contributed by atoms with Crippen LogP contribution in [0.3, 0.4) is 0 Å². The minimum atomic E-state index is -0.674. The number of carbonyl (C=O) groups is 3. The van der Waals surface area contributed by atoms with E-state index in [1.54, 1.807) is 24.9 Å². The van der Waals surface area contributed by atoms with Crippen LogP contribution in [0.5, 0.6) is 0 Å². The van der Waals surface area contributed by atoms with Crippen LogP contribution in [0.4, 0.5) is 16.2 Å². The molecule has 0 fully saturated rings. The highest BCUT2D eigenvalue weighted by molar-refractivity contribution is 9.10. The average Bonchev–Trinajstić information content (AvgIpc) is 2.65. The van der Waals surface area contributed by atoms with Gasteiger partial charge in [0.05, 0.1) is 12.6 Å². The van der Waals surface area contributed by atoms with Gasteiger partial charge in [-0.05, 0) is 70.1 Å². The van der Waals surface area contributed by atoms with Crippen molar-refractivity contribution >= 4 is 45.2 Å². The van der Waals surface area contributed by atoms with Crippen LogP contribution in [-0.4, -0.2) is 42.4 Å². The van der Waals surface area contributed by atoms with Crippen molar-refractivity contribution in [2.24, 2.45) is 0 Å². The molecular formula is C22H27BrN4O3. The molecule has 0 aromatic heterocycles. The fourth-order valence-electron chi connectivity index (χ4n) is 2.84. The summed E-state index contributed by atoms with van der Waals surface area (Å²) in [6, 6.07) is 9.89. The Hall–Kier alpha value is -2.71. The number of hydrogen-bond acceptors (Lipinski definition) is 4. The Morgan fingerprint density at radius 1 is 0.967 bits per heavy atom. The summed E-state index contributed by atoms with van der Waals surface area (Å²) in [7, 11) is 1.65. The van der Waals surface area contributed by atoms with E-state index in [4.69, 9.17) is 0 Å². The highest BCUT2D eigenvalue weighted by Crippen LogP contribution is 2.20. The summed E-state index contributed by atoms with van der Waals surface area (Å²) in [5, 5.41) is 7.83. The Kier molecular flexibility index (Phi) is 8.14. The molecule has 0 saturated heterocycles. The molecule has 1 unspecified atom stereocenters. The second kappa shape index (κ2) is 10.4. The molecule has 0 aliphatic heterocycles. The number of amides is 4. The second-order valence-electron chi connectivity index (χ2n) is 7.36. The molecule has 8 heteroatoms. The lowest BCUT2D eigenvalue weighted by Gasteiger charge is -2.23. The average molecular weight is 475 g/mol. The number of nitrogens with one attached hydrogen (secondary N) is 3. The molecule has 30 heavy (non-hydrogen) atoms. The Balaban J connectivity index is 1.88. The maximum atomic E-state index is 12.4. The lowest BCUT2D eigenvalue weighted by Crippen LogP contribution is -2.48. The van der Waals surface area contributed by atoms with E-state index in [0.717, 1.165) is 21.2 Å². The van der Waals surface area contributed by atoms with Gasteiger partial charge in [-0.15, -0.1) is 0 Å². The molecule has 0 aliphatic carbocycles. The maximum Gasteiger partial charge on any atom is 0.325 e. The fourth-order valence-corrected chi connectivity index (χ4v) is 3.32. The predicted molar refractivity (Wildman–Crippen MR) is 123 cm³/mol. The van der Waals surface area contributed by atoms with Gasteiger partial charge in [0.15, 0.2) is 0 Å². The van der Waals surface area contributed by atoms with Crippen LogP contribution < -0.4 is 16.0 Å². The first-order valence-corrected chi connectivity index (χ1v) is 10.3. The summed E-state index contributed by atoms with van der Waals surface area (Å²) in [6.45, 7) is 7.38. The number of nitrogens with zero attached hydrogens (tertiary/aromatic N) is 1. The summed E-state index contributed by atoms with van der Waals surface area (Å²) in [5.41, 5.74) is 4.26. The molecule has 1 atom stereocenters. The van der Waals surface area contributed by atoms with Crippen molar-refractivity contribution < 1.29 is 14.4 Å². The summed E-state index contributed by atoms with van der Waals surface area (Å²) >= 11 is 3.39. The summed E-state index contributed by atoms with van der Waals surface area (Å²) < 4.78 is 0.930. The number of hydrogen-bond donors (Lipinski definition) is 3. The Morgan fingerprint density at radius 2 is 1.57 bits per heavy atom. The highest BCUT2D eigenvalue weighted by atomic mass is 79.9. The van der Waals surface area contributed by atoms with Crippen LogP contribution in [0.2, 0.25) is 0 Å². The first-order valence-electron chi connectivity index (χ1n) is 9.52. The number of urea groups is 1. The maximum absolute atomic E-state index is 12.4. The van der Waals surface area contributed by atoms with Crippen molar-refractivity contribution in [1.82, 2.24) is 10.2 Å². The topological polar surface area (TPSA) is 90.5 Å². The van der Waals surface area contributed by atoms with Crippen LogP contribution in [0.15, 0.2) is 40.9 Å². The zero-order valence-electron chi connectivity index (χ0n) is 17.8. The van der Waals surface area contributed by atoms with Crippen LogP contribution in [0.1, 0.15) is 23.6 Å². The zero-order valence-corrected chi connectivity index (χ0v) is 19.4. The first kappa shape index (κ1) is 23.6. The predicted octanol–water partition coefficient (Wildman–Crippen LogP) is 3.98. The molecule has 2 aromatic rings. The third kappa shape index (κ3) is 6.67. The second-order valence-corrected chi connectivity index (χ2v) is 8.28. The van der Waals surface area contributed by atoms with Gasteiger partial charge in [0.1, 0.15) is 0 Å². The van der Waals surface area contributed by atoms with Crippen molar-refractivity contribution in [3.63, 3.8) is 0 Å². The summed E-state index contributed by atoms with van der Waals surface area (Å²) in [4.78, 5) is 38.5. The van der Waals surface area contributed by atoms with Crippen molar-refractivity contribution in [2.75, 3.05) is 24.2 Å². The van der Waals surface area contributed by atoms with Gasteiger partial charge in [0.2, 0.25) is 11.8 Å². The SMILES string of the molecule is Cc1ccc(NC(=O)NC(=O)C(C)N(C)CC(=O)Nc2ccc(Br)cc2C)c(C)c1. The standard InChI is InChI=1S/C22H27BrN4O3/c1-13-6-8-19(14(2)10-13)25-22(30)26-21(29)16(4)27(5)12-20(28)24-18-9-7-17(23)11-15(18)3/h6-11,16H,12H2,1-5H3,(H,24,28)(H2,25,26,29,30). The lowest BCUT2D eigenvalue weighted by molar-refractivity contribution is -0.125. The number of imide groups is 1. The third-order valence-electron chi connectivity index (χ3n) is 4.76. The van der Waals surface area contributed by atoms with Crippen molar-refractivity contribution in [2.45, 2.75) is 33.7 Å². The van der Waals surface area contributed by atoms with E-state index in [2.05, 4.69) is 31.9 Å². The molecule has 3 N–H and O–H groups in total. The van der Waals surface area contributed by atoms with Gasteiger partial charge >= 0.3 is 6.03 Å². The molecule has 4 amide bonds. The summed E-state index contributed by atoms with van der Waals surface area (Å²) in [5.74, 6) is -0.741. The van der Waals surface area contributed by atoms with Gasteiger partial charge in [0.25, 0.3) is 0 Å². The fraction of sp³-hybridized carbons (Fsp3) is 0.318. The van der Waals surface area contributed by atoms with Gasteiger partial charge in [-0.1, -0.05) is 33.6 Å². The smallest absolute Gasteiger partial charge is 0.325 e. The number of carbonyl (C=O) groups excluding carboxylic acids is 3. The Bertz CT molecular complexity index is 961. The summed E-state index contributed by atoms with van der Waals surface area (Å²) in [6.07, 6.45) is 0. The number of halogens is 1. The number of likely N-dealkylation sites (N-methyl/N-ethyl adjacent to an activating group) is 1. The lowest BCUT2D eigenvalue weighted by atomic mass is 10.1. The molecule has 0 bridgehead atoms. The van der Waals surface area contributed by atoms with Crippen LogP contribution in [-0.2, 0) is 9.59 Å². The van der Waals surface area contributed by atoms with Crippen molar-refractivity contribution in [1.29, 1.82) is 0 Å². The van der Waals surface area contributed by atoms with E-state index in [0.29, 0.717) is 11.4 Å². The van der Waals surface area contributed by atoms with Gasteiger partial charge in [0, 0.05) is 15.8 Å². The van der Waals surface area contributed by atoms with Crippen molar-refractivity contribution in [3.05, 3.63) is 57.6 Å². The first-order chi connectivity index (χ1) is 14.1. The van der Waals surface area contributed by atoms with Gasteiger partial charge in [-0.25, -0.2) is 4.79 Å². The van der Waals surface area contributed by atoms with E-state index in [9.17, 15) is 14.4 Å². The Morgan fingerprint density at radius 3 is 2.20 bits per heavy atom. The minimum absolute atomic E-state index is 0.00276. The monoisotopic (exact) mass is 474 g/mol. The van der Waals surface area contributed by atoms with Crippen LogP contribution >= 0.6 is 15.9 Å². The normalized spacial score (nSPS) is 11.7. The molecule has 7 nitrogen and oxygen atoms in total. The number of benzene rings is 2. The molecule has 0 radical (unpaired) electrons. The third-order valence-corrected chi connectivity index (χ3v) is 5.26. The van der Waals surface area contributed by atoms with E-state index < -0.39 is 18.0 Å². The molecule has 0 spiro atoms. The number of rotatable bonds is 6. The zero-order chi connectivity index (χ0) is 22.4. The molecular weight excluding hydrogens is 448 g/mol. The van der Waals surface area contributed by atoms with E-state index in [-0.39, 0.29) is 12.5 Å². The van der Waals surface area contributed by atoms with Crippen molar-refractivity contribution in [3.8, 4) is 0 Å². The van der Waals surface area contributed by atoms with Gasteiger partial charge in [-0.3, -0.25) is 19.8 Å². The Labute approximate surface area is 185 Å². The van der Waals surface area contributed by atoms with Gasteiger partial charge < -0.3 is 10.6 Å². The molecule has 2 aromatic carbocycles.